The molecule has 1 aliphatic rings. The van der Waals surface area contributed by atoms with Gasteiger partial charge >= 0.3 is 0 Å². The van der Waals surface area contributed by atoms with Crippen molar-refractivity contribution in [3.8, 4) is 0 Å². The largest absolute Gasteiger partial charge is 0.348 e. The first-order valence-corrected chi connectivity index (χ1v) is 9.90. The van der Waals surface area contributed by atoms with E-state index in [1.807, 2.05) is 37.8 Å². The topological polar surface area (TPSA) is 72.9 Å². The van der Waals surface area contributed by atoms with E-state index in [4.69, 9.17) is 18.0 Å². The van der Waals surface area contributed by atoms with Gasteiger partial charge in [-0.2, -0.15) is 5.10 Å². The standard InChI is InChI=1S/C22H25FN4OS/c1-13-8-19(20(29)10-18(13)21-14(2)12-25-27(21)3)22(28)26-17(11-24)9-15-4-6-16(23)7-5-15/h4-8,12,17H,9-11,24H2,1-3H3,(H,26,28)/t17-/m0/s1. The molecule has 3 rings (SSSR count). The third-order valence-electron chi connectivity index (χ3n) is 5.14. The molecule has 0 spiro atoms. The van der Waals surface area contributed by atoms with Gasteiger partial charge in [-0.1, -0.05) is 24.4 Å². The lowest BCUT2D eigenvalue weighted by atomic mass is 9.89. The predicted molar refractivity (Wildman–Crippen MR) is 117 cm³/mol. The Morgan fingerprint density at radius 1 is 1.34 bits per heavy atom. The van der Waals surface area contributed by atoms with Crippen LogP contribution in [-0.2, 0) is 18.3 Å². The number of rotatable bonds is 6. The van der Waals surface area contributed by atoms with Gasteiger partial charge in [-0.15, -0.1) is 0 Å². The van der Waals surface area contributed by atoms with Gasteiger partial charge in [-0.3, -0.25) is 9.48 Å². The molecule has 1 aromatic carbocycles. The van der Waals surface area contributed by atoms with Gasteiger partial charge in [0.15, 0.2) is 0 Å². The molecule has 3 N–H and O–H groups in total. The van der Waals surface area contributed by atoms with Crippen LogP contribution < -0.4 is 11.1 Å². The fourth-order valence-corrected chi connectivity index (χ4v) is 3.88. The van der Waals surface area contributed by atoms with Gasteiger partial charge in [-0.25, -0.2) is 4.39 Å². The molecular weight excluding hydrogens is 387 g/mol. The Morgan fingerprint density at radius 3 is 2.62 bits per heavy atom. The Kier molecular flexibility index (Phi) is 6.39. The monoisotopic (exact) mass is 412 g/mol. The van der Waals surface area contributed by atoms with Crippen molar-refractivity contribution in [2.75, 3.05) is 6.54 Å². The summed E-state index contributed by atoms with van der Waals surface area (Å²) in [5.41, 5.74) is 11.5. The lowest BCUT2D eigenvalue weighted by molar-refractivity contribution is -0.117. The highest BCUT2D eigenvalue weighted by Gasteiger charge is 2.25. The van der Waals surface area contributed by atoms with Gasteiger partial charge < -0.3 is 11.1 Å². The first kappa shape index (κ1) is 21.1. The summed E-state index contributed by atoms with van der Waals surface area (Å²) in [5, 5.41) is 7.27. The van der Waals surface area contributed by atoms with Crippen molar-refractivity contribution in [2.45, 2.75) is 32.7 Å². The maximum Gasteiger partial charge on any atom is 0.252 e. The second kappa shape index (κ2) is 8.80. The van der Waals surface area contributed by atoms with Crippen LogP contribution in [-0.4, -0.2) is 33.1 Å². The van der Waals surface area contributed by atoms with E-state index < -0.39 is 0 Å². The number of hydrogen-bond donors (Lipinski definition) is 2. The smallest absolute Gasteiger partial charge is 0.252 e. The van der Waals surface area contributed by atoms with Crippen molar-refractivity contribution in [3.05, 3.63) is 70.3 Å². The van der Waals surface area contributed by atoms with Crippen molar-refractivity contribution in [2.24, 2.45) is 12.8 Å². The van der Waals surface area contributed by atoms with Crippen LogP contribution in [0.3, 0.4) is 0 Å². The molecule has 7 heteroatoms. The highest BCUT2D eigenvalue weighted by Crippen LogP contribution is 2.31. The van der Waals surface area contributed by atoms with E-state index >= 15 is 0 Å². The Balaban J connectivity index is 1.78. The Bertz CT molecular complexity index is 985. The zero-order valence-corrected chi connectivity index (χ0v) is 17.6. The minimum atomic E-state index is -0.290. The van der Waals surface area contributed by atoms with Crippen LogP contribution >= 0.6 is 12.2 Å². The molecule has 1 aliphatic carbocycles. The number of carbonyl (C=O) groups excluding carboxylic acids is 1. The van der Waals surface area contributed by atoms with E-state index in [0.717, 1.165) is 28.0 Å². The number of halogens is 1. The molecule has 0 radical (unpaired) electrons. The van der Waals surface area contributed by atoms with E-state index in [-0.39, 0.29) is 24.3 Å². The number of amides is 1. The van der Waals surface area contributed by atoms with E-state index in [1.165, 1.54) is 12.1 Å². The van der Waals surface area contributed by atoms with Gasteiger partial charge in [0, 0.05) is 30.9 Å². The summed E-state index contributed by atoms with van der Waals surface area (Å²) in [5.74, 6) is -0.519. The van der Waals surface area contributed by atoms with Crippen LogP contribution in [0.1, 0.15) is 30.2 Å². The van der Waals surface area contributed by atoms with Crippen LogP contribution in [0.25, 0.3) is 5.57 Å². The Hall–Kier alpha value is -2.64. The number of hydrogen-bond acceptors (Lipinski definition) is 4. The number of allylic oxidation sites excluding steroid dienone is 3. The zero-order valence-electron chi connectivity index (χ0n) is 16.8. The summed E-state index contributed by atoms with van der Waals surface area (Å²) < 4.78 is 14.9. The fraction of sp³-hybridized carbons (Fsp3) is 0.318. The van der Waals surface area contributed by atoms with Gasteiger partial charge in [0.2, 0.25) is 0 Å². The van der Waals surface area contributed by atoms with Crippen molar-refractivity contribution in [1.29, 1.82) is 0 Å². The van der Waals surface area contributed by atoms with Gasteiger partial charge in [0.1, 0.15) is 5.82 Å². The molecule has 0 saturated heterocycles. The number of thiocarbonyl (C=S) groups is 1. The minimum Gasteiger partial charge on any atom is -0.348 e. The van der Waals surface area contributed by atoms with Crippen LogP contribution in [0.15, 0.2) is 47.7 Å². The maximum atomic E-state index is 13.1. The highest BCUT2D eigenvalue weighted by atomic mass is 32.1. The lowest BCUT2D eigenvalue weighted by Gasteiger charge is -2.22. The predicted octanol–water partition coefficient (Wildman–Crippen LogP) is 3.03. The molecular formula is C22H25FN4OS. The van der Waals surface area contributed by atoms with Crippen molar-refractivity contribution in [3.63, 3.8) is 0 Å². The molecule has 2 aromatic rings. The molecule has 1 amide bonds. The number of benzene rings is 1. The summed E-state index contributed by atoms with van der Waals surface area (Å²) in [4.78, 5) is 13.5. The number of nitrogens with one attached hydrogen (secondary N) is 1. The zero-order chi connectivity index (χ0) is 21.1. The number of aromatic nitrogens is 2. The molecule has 152 valence electrons. The summed E-state index contributed by atoms with van der Waals surface area (Å²) in [6, 6.07) is 5.94. The molecule has 0 saturated carbocycles. The molecule has 1 aromatic heterocycles. The van der Waals surface area contributed by atoms with Crippen molar-refractivity contribution >= 4 is 28.6 Å². The second-order valence-electron chi connectivity index (χ2n) is 7.36. The van der Waals surface area contributed by atoms with Gasteiger partial charge in [0.05, 0.1) is 17.5 Å². The van der Waals surface area contributed by atoms with E-state index in [9.17, 15) is 9.18 Å². The molecule has 29 heavy (non-hydrogen) atoms. The van der Waals surface area contributed by atoms with E-state index in [2.05, 4.69) is 10.4 Å². The fourth-order valence-electron chi connectivity index (χ4n) is 3.58. The van der Waals surface area contributed by atoms with E-state index in [1.54, 1.807) is 12.1 Å². The number of nitrogens with two attached hydrogens (primary N) is 1. The Labute approximate surface area is 175 Å². The summed E-state index contributed by atoms with van der Waals surface area (Å²) in [7, 11) is 1.90. The Morgan fingerprint density at radius 2 is 2.03 bits per heavy atom. The van der Waals surface area contributed by atoms with Crippen LogP contribution in [0.2, 0.25) is 0 Å². The summed E-state index contributed by atoms with van der Waals surface area (Å²) in [6.45, 7) is 4.27. The molecule has 0 unspecified atom stereocenters. The van der Waals surface area contributed by atoms with Gasteiger partial charge in [-0.05, 0) is 60.8 Å². The third-order valence-corrected chi connectivity index (χ3v) is 5.51. The third kappa shape index (κ3) is 4.68. The SMILES string of the molecule is CC1=C(c2c(C)cnn2C)CC(=S)C(C(=O)N[C@H](CN)Cc2ccc(F)cc2)=C1. The number of nitrogens with zero attached hydrogens (tertiary/aromatic N) is 2. The number of carbonyl (C=O) groups is 1. The lowest BCUT2D eigenvalue weighted by Crippen LogP contribution is -2.43. The van der Waals surface area contributed by atoms with Crippen molar-refractivity contribution < 1.29 is 9.18 Å². The highest BCUT2D eigenvalue weighted by molar-refractivity contribution is 7.81. The minimum absolute atomic E-state index is 0.229. The maximum absolute atomic E-state index is 13.1. The molecule has 0 aliphatic heterocycles. The van der Waals surface area contributed by atoms with Crippen molar-refractivity contribution in [1.82, 2.24) is 15.1 Å². The van der Waals surface area contributed by atoms with Gasteiger partial charge in [0.25, 0.3) is 5.91 Å². The number of aryl methyl sites for hydroxylation is 2. The molecule has 0 fully saturated rings. The van der Waals surface area contributed by atoms with Crippen LogP contribution in [0, 0.1) is 12.7 Å². The second-order valence-corrected chi connectivity index (χ2v) is 7.85. The normalized spacial score (nSPS) is 15.3. The quantitative estimate of drug-likeness (QED) is 0.716. The molecule has 5 nitrogen and oxygen atoms in total. The van der Waals surface area contributed by atoms with Crippen LogP contribution in [0.4, 0.5) is 4.39 Å². The molecule has 0 bridgehead atoms. The molecule has 1 atom stereocenters. The first-order valence-electron chi connectivity index (χ1n) is 9.49. The average Bonchev–Trinajstić information content (AvgIpc) is 3.02. The average molecular weight is 413 g/mol. The van der Waals surface area contributed by atoms with Crippen LogP contribution in [0.5, 0.6) is 0 Å². The van der Waals surface area contributed by atoms with E-state index in [0.29, 0.717) is 23.3 Å². The molecule has 1 heterocycles. The first-order chi connectivity index (χ1) is 13.8. The summed E-state index contributed by atoms with van der Waals surface area (Å²) >= 11 is 5.56. The summed E-state index contributed by atoms with van der Waals surface area (Å²) in [6.07, 6.45) is 4.71.